The monoisotopic (exact) mass is 271 g/mol. The van der Waals surface area contributed by atoms with Crippen molar-refractivity contribution >= 4 is 21.8 Å². The number of rotatable bonds is 4. The van der Waals surface area contributed by atoms with E-state index < -0.39 is 0 Å². The second kappa shape index (κ2) is 3.96. The molecule has 2 rings (SSSR count). The van der Waals surface area contributed by atoms with Crippen LogP contribution >= 0.6 is 15.9 Å². The number of nitrogens with zero attached hydrogens (tertiary/aromatic N) is 1. The van der Waals surface area contributed by atoms with Crippen LogP contribution in [0.15, 0.2) is 6.20 Å². The molecule has 4 nitrogen and oxygen atoms in total. The van der Waals surface area contributed by atoms with Crippen molar-refractivity contribution in [2.24, 2.45) is 5.41 Å². The fraction of sp³-hybridized carbons (Fsp3) is 0.600. The number of aromatic amines is 1. The Morgan fingerprint density at radius 3 is 2.93 bits per heavy atom. The van der Waals surface area contributed by atoms with Crippen molar-refractivity contribution in [2.45, 2.75) is 19.8 Å². The largest absolute Gasteiger partial charge is 0.351 e. The number of H-pyrrole nitrogens is 1. The number of hydrogen-bond acceptors (Lipinski definition) is 2. The molecular weight excluding hydrogens is 258 g/mol. The summed E-state index contributed by atoms with van der Waals surface area (Å²) in [4.78, 5) is 11.7. The van der Waals surface area contributed by atoms with Crippen molar-refractivity contribution in [1.82, 2.24) is 15.5 Å². The molecule has 0 atom stereocenters. The van der Waals surface area contributed by atoms with Crippen molar-refractivity contribution in [3.8, 4) is 0 Å². The molecule has 1 aromatic heterocycles. The maximum absolute atomic E-state index is 11.7. The van der Waals surface area contributed by atoms with Gasteiger partial charge in [-0.3, -0.25) is 9.89 Å². The Labute approximate surface area is 97.0 Å². The van der Waals surface area contributed by atoms with Gasteiger partial charge < -0.3 is 5.32 Å². The molecule has 1 aliphatic rings. The van der Waals surface area contributed by atoms with Gasteiger partial charge in [-0.15, -0.1) is 0 Å². The maximum atomic E-state index is 11.7. The molecule has 5 heteroatoms. The third-order valence-corrected chi connectivity index (χ3v) is 4.13. The summed E-state index contributed by atoms with van der Waals surface area (Å²) in [5.41, 5.74) is 1.77. The average molecular weight is 272 g/mol. The minimum atomic E-state index is -0.0338. The highest BCUT2D eigenvalue weighted by Gasteiger charge is 2.41. The summed E-state index contributed by atoms with van der Waals surface area (Å²) in [5, 5.41) is 10.5. The fourth-order valence-corrected chi connectivity index (χ4v) is 2.24. The zero-order valence-electron chi connectivity index (χ0n) is 8.64. The number of nitrogens with one attached hydrogen (secondary N) is 2. The van der Waals surface area contributed by atoms with Crippen LogP contribution in [0, 0.1) is 12.3 Å². The number of carbonyl (C=O) groups excluding carboxylic acids is 1. The van der Waals surface area contributed by atoms with Crippen LogP contribution in [0.5, 0.6) is 0 Å². The highest BCUT2D eigenvalue weighted by atomic mass is 79.9. The van der Waals surface area contributed by atoms with E-state index in [1.807, 2.05) is 6.92 Å². The lowest BCUT2D eigenvalue weighted by atomic mass is 10.1. The molecule has 1 amide bonds. The maximum Gasteiger partial charge on any atom is 0.254 e. The minimum Gasteiger partial charge on any atom is -0.351 e. The lowest BCUT2D eigenvalue weighted by Gasteiger charge is -2.12. The molecule has 2 N–H and O–H groups in total. The van der Waals surface area contributed by atoms with Crippen LogP contribution in [0.4, 0.5) is 0 Å². The first-order valence-electron chi connectivity index (χ1n) is 5.01. The molecule has 82 valence electrons. The van der Waals surface area contributed by atoms with E-state index in [0.717, 1.165) is 17.6 Å². The number of aryl methyl sites for hydroxylation is 1. The highest BCUT2D eigenvalue weighted by molar-refractivity contribution is 9.09. The molecular formula is C10H14BrN3O. The van der Waals surface area contributed by atoms with Gasteiger partial charge in [-0.25, -0.2) is 0 Å². The molecule has 0 bridgehead atoms. The van der Waals surface area contributed by atoms with Gasteiger partial charge in [-0.05, 0) is 25.2 Å². The van der Waals surface area contributed by atoms with Crippen molar-refractivity contribution in [3.05, 3.63) is 17.5 Å². The third-order valence-electron chi connectivity index (χ3n) is 2.94. The number of hydrogen-bond donors (Lipinski definition) is 2. The van der Waals surface area contributed by atoms with Gasteiger partial charge in [0, 0.05) is 17.6 Å². The van der Waals surface area contributed by atoms with Crippen LogP contribution in [-0.4, -0.2) is 28.0 Å². The van der Waals surface area contributed by atoms with Crippen LogP contribution in [0.25, 0.3) is 0 Å². The summed E-state index contributed by atoms with van der Waals surface area (Å²) in [6.45, 7) is 2.60. The van der Waals surface area contributed by atoms with Gasteiger partial charge in [0.05, 0.1) is 11.8 Å². The van der Waals surface area contributed by atoms with Gasteiger partial charge in [-0.1, -0.05) is 15.9 Å². The first-order chi connectivity index (χ1) is 7.17. The predicted octanol–water partition coefficient (Wildman–Crippen LogP) is 1.62. The molecule has 0 unspecified atom stereocenters. The SMILES string of the molecule is Cc1[nH]ncc1C(=O)NCC1(CBr)CC1. The number of aromatic nitrogens is 2. The zero-order valence-corrected chi connectivity index (χ0v) is 10.2. The summed E-state index contributed by atoms with van der Waals surface area (Å²) in [5.74, 6) is -0.0338. The second-order valence-electron chi connectivity index (χ2n) is 4.22. The number of halogens is 1. The molecule has 15 heavy (non-hydrogen) atoms. The molecule has 1 heterocycles. The quantitative estimate of drug-likeness (QED) is 0.818. The van der Waals surface area contributed by atoms with Crippen molar-refractivity contribution in [1.29, 1.82) is 0 Å². The topological polar surface area (TPSA) is 57.8 Å². The van der Waals surface area contributed by atoms with Gasteiger partial charge in [0.1, 0.15) is 0 Å². The van der Waals surface area contributed by atoms with E-state index in [4.69, 9.17) is 0 Å². The van der Waals surface area contributed by atoms with E-state index >= 15 is 0 Å². The summed E-state index contributed by atoms with van der Waals surface area (Å²) in [6.07, 6.45) is 3.96. The Morgan fingerprint density at radius 2 is 2.47 bits per heavy atom. The first kappa shape index (κ1) is 10.7. The smallest absolute Gasteiger partial charge is 0.254 e. The van der Waals surface area contributed by atoms with E-state index in [2.05, 4.69) is 31.4 Å². The lowest BCUT2D eigenvalue weighted by Crippen LogP contribution is -2.31. The van der Waals surface area contributed by atoms with Crippen molar-refractivity contribution in [2.75, 3.05) is 11.9 Å². The Morgan fingerprint density at radius 1 is 1.73 bits per heavy atom. The van der Waals surface area contributed by atoms with E-state index in [1.54, 1.807) is 6.20 Å². The van der Waals surface area contributed by atoms with Gasteiger partial charge >= 0.3 is 0 Å². The summed E-state index contributed by atoms with van der Waals surface area (Å²) in [7, 11) is 0. The van der Waals surface area contributed by atoms with Crippen LogP contribution in [-0.2, 0) is 0 Å². The Bertz CT molecular complexity index is 370. The summed E-state index contributed by atoms with van der Waals surface area (Å²) in [6, 6.07) is 0. The van der Waals surface area contributed by atoms with Crippen molar-refractivity contribution < 1.29 is 4.79 Å². The Kier molecular flexibility index (Phi) is 2.82. The van der Waals surface area contributed by atoms with Gasteiger partial charge in [0.2, 0.25) is 0 Å². The molecule has 1 fully saturated rings. The Hall–Kier alpha value is -0.840. The van der Waals surface area contributed by atoms with Crippen LogP contribution in [0.1, 0.15) is 28.9 Å². The van der Waals surface area contributed by atoms with Gasteiger partial charge in [-0.2, -0.15) is 5.10 Å². The molecule has 1 saturated carbocycles. The van der Waals surface area contributed by atoms with E-state index in [9.17, 15) is 4.79 Å². The predicted molar refractivity (Wildman–Crippen MR) is 61.1 cm³/mol. The van der Waals surface area contributed by atoms with Gasteiger partial charge in [0.25, 0.3) is 5.91 Å². The Balaban J connectivity index is 1.91. The van der Waals surface area contributed by atoms with E-state index in [0.29, 0.717) is 11.0 Å². The number of amides is 1. The third kappa shape index (κ3) is 2.22. The van der Waals surface area contributed by atoms with Crippen LogP contribution in [0.2, 0.25) is 0 Å². The number of alkyl halides is 1. The van der Waals surface area contributed by atoms with E-state index in [1.165, 1.54) is 12.8 Å². The molecule has 0 aromatic carbocycles. The van der Waals surface area contributed by atoms with Crippen LogP contribution in [0.3, 0.4) is 0 Å². The molecule has 0 spiro atoms. The number of carbonyl (C=O) groups is 1. The fourth-order valence-electron chi connectivity index (χ4n) is 1.48. The second-order valence-corrected chi connectivity index (χ2v) is 4.79. The zero-order chi connectivity index (χ0) is 10.9. The van der Waals surface area contributed by atoms with E-state index in [-0.39, 0.29) is 5.91 Å². The normalized spacial score (nSPS) is 17.5. The van der Waals surface area contributed by atoms with Crippen molar-refractivity contribution in [3.63, 3.8) is 0 Å². The summed E-state index contributed by atoms with van der Waals surface area (Å²) >= 11 is 3.48. The van der Waals surface area contributed by atoms with Gasteiger partial charge in [0.15, 0.2) is 0 Å². The first-order valence-corrected chi connectivity index (χ1v) is 6.13. The molecule has 1 aliphatic carbocycles. The van der Waals surface area contributed by atoms with Crippen LogP contribution < -0.4 is 5.32 Å². The molecule has 0 aliphatic heterocycles. The molecule has 0 saturated heterocycles. The molecule has 1 aromatic rings. The minimum absolute atomic E-state index is 0.0338. The molecule has 0 radical (unpaired) electrons. The standard InChI is InChI=1S/C10H14BrN3O/c1-7-8(4-13-14-7)9(15)12-6-10(5-11)2-3-10/h4H,2-3,5-6H2,1H3,(H,12,15)(H,13,14). The average Bonchev–Trinajstić information content (AvgIpc) is 2.91. The lowest BCUT2D eigenvalue weighted by molar-refractivity contribution is 0.0946. The summed E-state index contributed by atoms with van der Waals surface area (Å²) < 4.78 is 0. The highest BCUT2D eigenvalue weighted by Crippen LogP contribution is 2.46.